The van der Waals surface area contributed by atoms with Crippen LogP contribution in [0.3, 0.4) is 0 Å². The highest BCUT2D eigenvalue weighted by Crippen LogP contribution is 2.35. The van der Waals surface area contributed by atoms with Crippen molar-refractivity contribution >= 4 is 35.0 Å². The summed E-state index contributed by atoms with van der Waals surface area (Å²) in [5.41, 5.74) is 0.439. The van der Waals surface area contributed by atoms with Crippen LogP contribution in [0.4, 0.5) is 4.79 Å². The summed E-state index contributed by atoms with van der Waals surface area (Å²) >= 11 is 0.697. The SMILES string of the molecule is CCOC(=O)C(C)N1C(=O)S/C(=C\c2ccc(O)c(O)c2)C1=O. The molecule has 0 saturated carbocycles. The van der Waals surface area contributed by atoms with Gasteiger partial charge in [0, 0.05) is 0 Å². The van der Waals surface area contributed by atoms with E-state index >= 15 is 0 Å². The van der Waals surface area contributed by atoms with Crippen molar-refractivity contribution in [1.82, 2.24) is 4.90 Å². The Morgan fingerprint density at radius 1 is 1.35 bits per heavy atom. The fourth-order valence-corrected chi connectivity index (χ4v) is 2.87. The van der Waals surface area contributed by atoms with E-state index in [9.17, 15) is 24.6 Å². The van der Waals surface area contributed by atoms with Gasteiger partial charge in [0.05, 0.1) is 11.5 Å². The summed E-state index contributed by atoms with van der Waals surface area (Å²) < 4.78 is 4.82. The topological polar surface area (TPSA) is 104 Å². The molecular weight excluding hydrogens is 322 g/mol. The van der Waals surface area contributed by atoms with Crippen LogP contribution in [-0.4, -0.2) is 44.9 Å². The number of phenolic OH excluding ortho intramolecular Hbond substituents is 2. The summed E-state index contributed by atoms with van der Waals surface area (Å²) in [6, 6.07) is 3.00. The standard InChI is InChI=1S/C15H15NO6S/c1-3-22-14(20)8(2)16-13(19)12(23-15(16)21)7-9-4-5-10(17)11(18)6-9/h4-8,17-18H,3H2,1-2H3/b12-7-. The van der Waals surface area contributed by atoms with E-state index in [1.54, 1.807) is 6.92 Å². The van der Waals surface area contributed by atoms with Gasteiger partial charge < -0.3 is 14.9 Å². The number of nitrogens with zero attached hydrogens (tertiary/aromatic N) is 1. The molecule has 1 unspecified atom stereocenters. The molecule has 122 valence electrons. The zero-order chi connectivity index (χ0) is 17.1. The largest absolute Gasteiger partial charge is 0.504 e. The fraction of sp³-hybridized carbons (Fsp3) is 0.267. The number of imide groups is 1. The number of carbonyl (C=O) groups is 3. The first kappa shape index (κ1) is 16.9. The summed E-state index contributed by atoms with van der Waals surface area (Å²) in [7, 11) is 0. The first-order chi connectivity index (χ1) is 10.8. The third kappa shape index (κ3) is 3.48. The third-order valence-corrected chi connectivity index (χ3v) is 4.02. The number of hydrogen-bond donors (Lipinski definition) is 2. The van der Waals surface area contributed by atoms with Crippen molar-refractivity contribution in [2.75, 3.05) is 6.61 Å². The van der Waals surface area contributed by atoms with E-state index < -0.39 is 23.2 Å². The van der Waals surface area contributed by atoms with Crippen LogP contribution in [0, 0.1) is 0 Å². The number of esters is 1. The summed E-state index contributed by atoms with van der Waals surface area (Å²) in [4.78, 5) is 37.0. The molecule has 0 spiro atoms. The average molecular weight is 337 g/mol. The van der Waals surface area contributed by atoms with E-state index in [1.165, 1.54) is 31.2 Å². The van der Waals surface area contributed by atoms with Crippen LogP contribution < -0.4 is 0 Å². The van der Waals surface area contributed by atoms with E-state index in [1.807, 2.05) is 0 Å². The van der Waals surface area contributed by atoms with Crippen LogP contribution in [0.5, 0.6) is 11.5 Å². The van der Waals surface area contributed by atoms with Gasteiger partial charge in [-0.3, -0.25) is 14.5 Å². The Kier molecular flexibility index (Phi) is 4.95. The van der Waals surface area contributed by atoms with Crippen LogP contribution >= 0.6 is 11.8 Å². The number of thioether (sulfide) groups is 1. The highest BCUT2D eigenvalue weighted by atomic mass is 32.2. The number of benzene rings is 1. The van der Waals surface area contributed by atoms with Crippen molar-refractivity contribution in [3.8, 4) is 11.5 Å². The second-order valence-corrected chi connectivity index (χ2v) is 5.72. The van der Waals surface area contributed by atoms with Gasteiger partial charge in [-0.1, -0.05) is 6.07 Å². The third-order valence-electron chi connectivity index (χ3n) is 3.14. The molecule has 1 aliphatic rings. The van der Waals surface area contributed by atoms with Crippen molar-refractivity contribution in [1.29, 1.82) is 0 Å². The summed E-state index contributed by atoms with van der Waals surface area (Å²) in [5, 5.41) is 18.2. The van der Waals surface area contributed by atoms with E-state index in [-0.39, 0.29) is 23.0 Å². The van der Waals surface area contributed by atoms with Crippen LogP contribution in [0.25, 0.3) is 6.08 Å². The lowest BCUT2D eigenvalue weighted by molar-refractivity contribution is -0.150. The van der Waals surface area contributed by atoms with Gasteiger partial charge in [0.15, 0.2) is 11.5 Å². The lowest BCUT2D eigenvalue weighted by Crippen LogP contribution is -2.42. The van der Waals surface area contributed by atoms with Crippen molar-refractivity contribution in [2.24, 2.45) is 0 Å². The van der Waals surface area contributed by atoms with Crippen molar-refractivity contribution in [3.05, 3.63) is 28.7 Å². The number of phenols is 2. The Morgan fingerprint density at radius 2 is 2.04 bits per heavy atom. The molecule has 1 aromatic rings. The van der Waals surface area contributed by atoms with Gasteiger partial charge in [-0.2, -0.15) is 0 Å². The zero-order valence-electron chi connectivity index (χ0n) is 12.5. The van der Waals surface area contributed by atoms with Crippen LogP contribution in [0.15, 0.2) is 23.1 Å². The molecule has 0 bridgehead atoms. The molecule has 1 atom stereocenters. The average Bonchev–Trinajstić information content (AvgIpc) is 2.77. The number of hydrogen-bond acceptors (Lipinski definition) is 7. The summed E-state index contributed by atoms with van der Waals surface area (Å²) in [6.45, 7) is 3.21. The minimum Gasteiger partial charge on any atom is -0.504 e. The first-order valence-corrected chi connectivity index (χ1v) is 7.62. The smallest absolute Gasteiger partial charge is 0.329 e. The monoisotopic (exact) mass is 337 g/mol. The molecule has 2 rings (SSSR count). The van der Waals surface area contributed by atoms with Gasteiger partial charge in [-0.25, -0.2) is 4.79 Å². The molecule has 1 heterocycles. The predicted octanol–water partition coefficient (Wildman–Crippen LogP) is 2.09. The second-order valence-electron chi connectivity index (χ2n) is 4.73. The Bertz CT molecular complexity index is 699. The summed E-state index contributed by atoms with van der Waals surface area (Å²) in [6.07, 6.45) is 1.40. The molecule has 1 saturated heterocycles. The molecule has 23 heavy (non-hydrogen) atoms. The fourth-order valence-electron chi connectivity index (χ4n) is 1.96. The van der Waals surface area contributed by atoms with E-state index in [0.717, 1.165) is 4.90 Å². The number of rotatable bonds is 4. The number of amides is 2. The maximum absolute atomic E-state index is 12.3. The predicted molar refractivity (Wildman–Crippen MR) is 83.7 cm³/mol. The lowest BCUT2D eigenvalue weighted by Gasteiger charge is -2.19. The van der Waals surface area contributed by atoms with Gasteiger partial charge in [-0.15, -0.1) is 0 Å². The second kappa shape index (κ2) is 6.74. The molecule has 0 radical (unpaired) electrons. The zero-order valence-corrected chi connectivity index (χ0v) is 13.3. The lowest BCUT2D eigenvalue weighted by atomic mass is 10.2. The van der Waals surface area contributed by atoms with Gasteiger partial charge in [0.25, 0.3) is 11.1 Å². The van der Waals surface area contributed by atoms with Crippen molar-refractivity contribution in [3.63, 3.8) is 0 Å². The number of carbonyl (C=O) groups excluding carboxylic acids is 3. The van der Waals surface area contributed by atoms with E-state index in [2.05, 4.69) is 0 Å². The van der Waals surface area contributed by atoms with Gasteiger partial charge >= 0.3 is 5.97 Å². The molecule has 2 amide bonds. The minimum atomic E-state index is -1.01. The quantitative estimate of drug-likeness (QED) is 0.492. The molecule has 1 fully saturated rings. The molecule has 7 nitrogen and oxygen atoms in total. The van der Waals surface area contributed by atoms with Gasteiger partial charge in [0.2, 0.25) is 0 Å². The van der Waals surface area contributed by atoms with Crippen molar-refractivity contribution < 1.29 is 29.3 Å². The Morgan fingerprint density at radius 3 is 2.65 bits per heavy atom. The van der Waals surface area contributed by atoms with Gasteiger partial charge in [0.1, 0.15) is 6.04 Å². The molecule has 2 N–H and O–H groups in total. The van der Waals surface area contributed by atoms with E-state index in [4.69, 9.17) is 4.74 Å². The van der Waals surface area contributed by atoms with Crippen LogP contribution in [0.1, 0.15) is 19.4 Å². The number of ether oxygens (including phenoxy) is 1. The molecule has 0 aromatic heterocycles. The van der Waals surface area contributed by atoms with Gasteiger partial charge in [-0.05, 0) is 49.4 Å². The van der Waals surface area contributed by atoms with Crippen LogP contribution in [-0.2, 0) is 14.3 Å². The Balaban J connectivity index is 2.25. The maximum atomic E-state index is 12.3. The minimum absolute atomic E-state index is 0.122. The molecule has 1 aromatic carbocycles. The molecule has 1 aliphatic heterocycles. The van der Waals surface area contributed by atoms with Crippen LogP contribution in [0.2, 0.25) is 0 Å². The number of aromatic hydroxyl groups is 2. The first-order valence-electron chi connectivity index (χ1n) is 6.80. The molecule has 0 aliphatic carbocycles. The highest BCUT2D eigenvalue weighted by molar-refractivity contribution is 8.18. The Hall–Kier alpha value is -2.48. The normalized spacial score (nSPS) is 17.7. The highest BCUT2D eigenvalue weighted by Gasteiger charge is 2.41. The molecular formula is C15H15NO6S. The van der Waals surface area contributed by atoms with E-state index in [0.29, 0.717) is 17.3 Å². The summed E-state index contributed by atoms with van der Waals surface area (Å²) in [5.74, 6) is -1.88. The molecule has 8 heteroatoms. The maximum Gasteiger partial charge on any atom is 0.329 e. The van der Waals surface area contributed by atoms with Crippen molar-refractivity contribution in [2.45, 2.75) is 19.9 Å². The Labute approximate surface area is 136 Å².